The van der Waals surface area contributed by atoms with Gasteiger partial charge in [-0.25, -0.2) is 0 Å². The van der Waals surface area contributed by atoms with Crippen LogP contribution in [-0.2, 0) is 0 Å². The number of nitrogens with one attached hydrogen (secondary N) is 1. The van der Waals surface area contributed by atoms with E-state index in [0.29, 0.717) is 13.1 Å². The maximum Gasteiger partial charge on any atom is 0.441 e. The quantitative estimate of drug-likeness (QED) is 0.786. The molecule has 17 heavy (non-hydrogen) atoms. The smallest absolute Gasteiger partial charge is 0.312 e. The highest BCUT2D eigenvalue weighted by Crippen LogP contribution is 2.29. The molecule has 1 N–H and O–H groups in total. The minimum Gasteiger partial charge on any atom is -0.312 e. The van der Waals surface area contributed by atoms with E-state index in [-0.39, 0.29) is 17.5 Å². The molecule has 0 radical (unpaired) electrons. The number of thioether (sulfide) groups is 1. The summed E-state index contributed by atoms with van der Waals surface area (Å²) >= 11 is 0.00140. The molecular weight excluding hydrogens is 247 g/mol. The van der Waals surface area contributed by atoms with Gasteiger partial charge < -0.3 is 5.32 Å². The van der Waals surface area contributed by atoms with Crippen LogP contribution in [0.25, 0.3) is 6.08 Å². The molecule has 1 aromatic rings. The van der Waals surface area contributed by atoms with Gasteiger partial charge in [0.15, 0.2) is 0 Å². The van der Waals surface area contributed by atoms with E-state index in [0.717, 1.165) is 5.56 Å². The van der Waals surface area contributed by atoms with Crippen molar-refractivity contribution in [2.75, 3.05) is 18.8 Å². The van der Waals surface area contributed by atoms with Gasteiger partial charge in [-0.2, -0.15) is 13.2 Å². The van der Waals surface area contributed by atoms with Crippen molar-refractivity contribution in [3.63, 3.8) is 0 Å². The topological polar surface area (TPSA) is 12.0 Å². The van der Waals surface area contributed by atoms with Crippen LogP contribution in [0.2, 0.25) is 0 Å². The Morgan fingerprint density at radius 2 is 1.88 bits per heavy atom. The Balaban J connectivity index is 2.07. The molecule has 0 heterocycles. The van der Waals surface area contributed by atoms with Crippen molar-refractivity contribution in [3.8, 4) is 0 Å². The van der Waals surface area contributed by atoms with Gasteiger partial charge in [0.05, 0.1) is 0 Å². The molecule has 0 aliphatic rings. The lowest BCUT2D eigenvalue weighted by molar-refractivity contribution is -0.0327. The van der Waals surface area contributed by atoms with Crippen LogP contribution in [0.15, 0.2) is 36.4 Å². The molecule has 1 aromatic carbocycles. The molecule has 0 saturated carbocycles. The highest BCUT2D eigenvalue weighted by Gasteiger charge is 2.27. The molecule has 0 bridgehead atoms. The first-order valence-electron chi connectivity index (χ1n) is 5.21. The Hall–Kier alpha value is -0.940. The van der Waals surface area contributed by atoms with Crippen LogP contribution in [0.1, 0.15) is 5.56 Å². The second-order valence-corrected chi connectivity index (χ2v) is 4.47. The number of benzene rings is 1. The van der Waals surface area contributed by atoms with E-state index in [2.05, 4.69) is 5.32 Å². The third kappa shape index (κ3) is 7.88. The monoisotopic (exact) mass is 261 g/mol. The van der Waals surface area contributed by atoms with Gasteiger partial charge in [0.2, 0.25) is 0 Å². The summed E-state index contributed by atoms with van der Waals surface area (Å²) in [7, 11) is 0. The summed E-state index contributed by atoms with van der Waals surface area (Å²) in [4.78, 5) is 0. The van der Waals surface area contributed by atoms with Crippen LogP contribution in [0.5, 0.6) is 0 Å². The average molecular weight is 261 g/mol. The van der Waals surface area contributed by atoms with Gasteiger partial charge >= 0.3 is 5.51 Å². The lowest BCUT2D eigenvalue weighted by Gasteiger charge is -2.05. The molecule has 0 amide bonds. The van der Waals surface area contributed by atoms with Crippen LogP contribution in [0.4, 0.5) is 13.2 Å². The van der Waals surface area contributed by atoms with Gasteiger partial charge in [0, 0.05) is 18.8 Å². The Kier molecular flexibility index (Phi) is 6.15. The van der Waals surface area contributed by atoms with Crippen molar-refractivity contribution in [1.82, 2.24) is 5.32 Å². The zero-order valence-corrected chi connectivity index (χ0v) is 10.0. The molecule has 0 fully saturated rings. The number of alkyl halides is 3. The molecule has 0 aromatic heterocycles. The fourth-order valence-electron chi connectivity index (χ4n) is 1.18. The van der Waals surface area contributed by atoms with E-state index < -0.39 is 5.51 Å². The molecule has 0 unspecified atom stereocenters. The van der Waals surface area contributed by atoms with Crippen LogP contribution in [-0.4, -0.2) is 24.4 Å². The molecule has 1 rings (SSSR count). The second-order valence-electron chi connectivity index (χ2n) is 3.31. The first-order chi connectivity index (χ1) is 8.08. The summed E-state index contributed by atoms with van der Waals surface area (Å²) in [6.07, 6.45) is 3.83. The van der Waals surface area contributed by atoms with Crippen molar-refractivity contribution >= 4 is 17.8 Å². The fourth-order valence-corrected chi connectivity index (χ4v) is 1.66. The van der Waals surface area contributed by atoms with Crippen molar-refractivity contribution in [1.29, 1.82) is 0 Å². The zero-order valence-electron chi connectivity index (χ0n) is 9.20. The summed E-state index contributed by atoms with van der Waals surface area (Å²) in [6.45, 7) is 0.927. The minimum absolute atomic E-state index is 0.00140. The third-order valence-electron chi connectivity index (χ3n) is 1.92. The van der Waals surface area contributed by atoms with Gasteiger partial charge in [0.1, 0.15) is 0 Å². The van der Waals surface area contributed by atoms with E-state index in [1.807, 2.05) is 42.5 Å². The summed E-state index contributed by atoms with van der Waals surface area (Å²) in [5, 5.41) is 2.92. The highest BCUT2D eigenvalue weighted by atomic mass is 32.2. The maximum absolute atomic E-state index is 11.8. The molecule has 0 saturated heterocycles. The van der Waals surface area contributed by atoms with Crippen LogP contribution < -0.4 is 5.32 Å². The predicted molar refractivity (Wildman–Crippen MR) is 66.9 cm³/mol. The molecule has 0 atom stereocenters. The van der Waals surface area contributed by atoms with E-state index in [4.69, 9.17) is 0 Å². The van der Waals surface area contributed by atoms with Crippen molar-refractivity contribution in [2.24, 2.45) is 0 Å². The van der Waals surface area contributed by atoms with E-state index in [1.165, 1.54) is 0 Å². The Bertz CT molecular complexity index is 335. The van der Waals surface area contributed by atoms with Crippen LogP contribution in [0.3, 0.4) is 0 Å². The SMILES string of the molecule is FC(F)(F)SCCNC/C=C/c1ccccc1. The lowest BCUT2D eigenvalue weighted by Crippen LogP contribution is -2.18. The van der Waals surface area contributed by atoms with Gasteiger partial charge in [-0.15, -0.1) is 0 Å². The molecule has 0 aliphatic carbocycles. The number of rotatable bonds is 6. The number of hydrogen-bond donors (Lipinski definition) is 1. The van der Waals surface area contributed by atoms with Gasteiger partial charge in [-0.3, -0.25) is 0 Å². The van der Waals surface area contributed by atoms with Gasteiger partial charge in [-0.1, -0.05) is 42.5 Å². The largest absolute Gasteiger partial charge is 0.441 e. The maximum atomic E-state index is 11.8. The fraction of sp³-hybridized carbons (Fsp3) is 0.333. The van der Waals surface area contributed by atoms with Gasteiger partial charge in [0.25, 0.3) is 0 Å². The predicted octanol–water partition coefficient (Wildman–Crippen LogP) is 3.54. The molecule has 0 aliphatic heterocycles. The highest BCUT2D eigenvalue weighted by molar-refractivity contribution is 8.00. The van der Waals surface area contributed by atoms with Crippen LogP contribution in [0, 0.1) is 0 Å². The van der Waals surface area contributed by atoms with Crippen LogP contribution >= 0.6 is 11.8 Å². The Morgan fingerprint density at radius 1 is 1.18 bits per heavy atom. The standard InChI is InChI=1S/C12H14F3NS/c13-12(14,15)17-10-9-16-8-4-7-11-5-2-1-3-6-11/h1-7,16H,8-10H2/b7-4+. The number of hydrogen-bond acceptors (Lipinski definition) is 2. The van der Waals surface area contributed by atoms with Crippen molar-refractivity contribution in [3.05, 3.63) is 42.0 Å². The molecule has 1 nitrogen and oxygen atoms in total. The molecule has 0 spiro atoms. The molecular formula is C12H14F3NS. The first kappa shape index (κ1) is 14.1. The average Bonchev–Trinajstić information content (AvgIpc) is 2.28. The Labute approximate surface area is 103 Å². The number of halogens is 3. The Morgan fingerprint density at radius 3 is 2.53 bits per heavy atom. The van der Waals surface area contributed by atoms with Crippen molar-refractivity contribution < 1.29 is 13.2 Å². The van der Waals surface area contributed by atoms with E-state index in [1.54, 1.807) is 0 Å². The minimum atomic E-state index is -4.12. The summed E-state index contributed by atoms with van der Waals surface area (Å²) in [6, 6.07) is 9.75. The summed E-state index contributed by atoms with van der Waals surface area (Å²) < 4.78 is 35.3. The lowest BCUT2D eigenvalue weighted by atomic mass is 10.2. The van der Waals surface area contributed by atoms with E-state index >= 15 is 0 Å². The normalized spacial score (nSPS) is 12.2. The first-order valence-corrected chi connectivity index (χ1v) is 6.19. The second kappa shape index (κ2) is 7.40. The third-order valence-corrected chi connectivity index (χ3v) is 2.65. The zero-order chi connectivity index (χ0) is 12.6. The molecule has 5 heteroatoms. The van der Waals surface area contributed by atoms with E-state index in [9.17, 15) is 13.2 Å². The molecule has 94 valence electrons. The summed E-state index contributed by atoms with van der Waals surface area (Å²) in [5.74, 6) is 0.0443. The van der Waals surface area contributed by atoms with Gasteiger partial charge in [-0.05, 0) is 17.3 Å². The van der Waals surface area contributed by atoms with Crippen molar-refractivity contribution in [2.45, 2.75) is 5.51 Å². The summed E-state index contributed by atoms with van der Waals surface area (Å²) in [5.41, 5.74) is -3.04.